The fourth-order valence-corrected chi connectivity index (χ4v) is 3.77. The van der Waals surface area contributed by atoms with Gasteiger partial charge in [-0.1, -0.05) is 6.07 Å². The minimum absolute atomic E-state index is 0.253. The topological polar surface area (TPSA) is 92.9 Å². The molecular weight excluding hydrogens is 426 g/mol. The molecule has 0 unspecified atom stereocenters. The zero-order valence-corrected chi connectivity index (χ0v) is 17.6. The van der Waals surface area contributed by atoms with Gasteiger partial charge in [0.1, 0.15) is 5.76 Å². The number of halogens is 1. The van der Waals surface area contributed by atoms with Gasteiger partial charge in [0, 0.05) is 22.0 Å². The highest BCUT2D eigenvalue weighted by Gasteiger charge is 2.28. The summed E-state index contributed by atoms with van der Waals surface area (Å²) in [5, 5.41) is 7.05. The van der Waals surface area contributed by atoms with E-state index in [2.05, 4.69) is 31.8 Å². The van der Waals surface area contributed by atoms with Crippen molar-refractivity contribution in [1.82, 2.24) is 5.43 Å². The normalized spacial score (nSPS) is 14.5. The summed E-state index contributed by atoms with van der Waals surface area (Å²) in [6, 6.07) is 5.69. The van der Waals surface area contributed by atoms with Gasteiger partial charge in [0.2, 0.25) is 0 Å². The second-order valence-electron chi connectivity index (χ2n) is 6.54. The highest BCUT2D eigenvalue weighted by Crippen LogP contribution is 2.31. The zero-order valence-electron chi connectivity index (χ0n) is 16.0. The Kier molecular flexibility index (Phi) is 6.18. The predicted octanol–water partition coefficient (Wildman–Crippen LogP) is 4.70. The van der Waals surface area contributed by atoms with Crippen LogP contribution >= 0.6 is 15.9 Å². The van der Waals surface area contributed by atoms with Gasteiger partial charge in [0.15, 0.2) is 5.76 Å². The molecule has 0 fully saturated rings. The first-order valence-electron chi connectivity index (χ1n) is 9.10. The molecule has 7 nitrogen and oxygen atoms in total. The molecule has 1 aliphatic carbocycles. The Morgan fingerprint density at radius 3 is 2.79 bits per heavy atom. The molecule has 1 aliphatic rings. The van der Waals surface area contributed by atoms with Crippen LogP contribution < -0.4 is 10.7 Å². The highest BCUT2D eigenvalue weighted by molar-refractivity contribution is 9.10. The molecule has 2 amide bonds. The summed E-state index contributed by atoms with van der Waals surface area (Å²) in [6.45, 7) is 5.80. The van der Waals surface area contributed by atoms with Crippen molar-refractivity contribution in [3.63, 3.8) is 0 Å². The molecule has 2 aromatic rings. The van der Waals surface area contributed by atoms with Crippen LogP contribution in [-0.4, -0.2) is 24.3 Å². The Morgan fingerprint density at radius 1 is 1.29 bits per heavy atom. The van der Waals surface area contributed by atoms with E-state index < -0.39 is 6.09 Å². The van der Waals surface area contributed by atoms with Gasteiger partial charge in [-0.3, -0.25) is 4.79 Å². The molecule has 28 heavy (non-hydrogen) atoms. The lowest BCUT2D eigenvalue weighted by Crippen LogP contribution is -2.22. The van der Waals surface area contributed by atoms with Gasteiger partial charge in [-0.25, -0.2) is 10.2 Å². The number of nitrogens with zero attached hydrogens (tertiary/aromatic N) is 1. The largest absolute Gasteiger partial charge is 0.455 e. The Balaban J connectivity index is 1.85. The lowest BCUT2D eigenvalue weighted by atomic mass is 9.93. The van der Waals surface area contributed by atoms with Crippen LogP contribution in [-0.2, 0) is 11.2 Å². The predicted molar refractivity (Wildman–Crippen MR) is 110 cm³/mol. The molecule has 3 rings (SSSR count). The van der Waals surface area contributed by atoms with E-state index >= 15 is 0 Å². The van der Waals surface area contributed by atoms with Crippen molar-refractivity contribution in [1.29, 1.82) is 0 Å². The van der Waals surface area contributed by atoms with E-state index in [1.807, 2.05) is 32.0 Å². The number of carbonyl (C=O) groups is 2. The van der Waals surface area contributed by atoms with E-state index in [4.69, 9.17) is 9.15 Å². The van der Waals surface area contributed by atoms with Crippen molar-refractivity contribution >= 4 is 39.3 Å². The quantitative estimate of drug-likeness (QED) is 0.664. The summed E-state index contributed by atoms with van der Waals surface area (Å²) >= 11 is 3.46. The maximum atomic E-state index is 12.8. The summed E-state index contributed by atoms with van der Waals surface area (Å²) < 4.78 is 11.5. The molecule has 1 aromatic heterocycles. The lowest BCUT2D eigenvalue weighted by Gasteiger charge is -2.13. The molecule has 0 bridgehead atoms. The van der Waals surface area contributed by atoms with Crippen LogP contribution in [0.5, 0.6) is 0 Å². The smallest absolute Gasteiger partial charge is 0.427 e. The van der Waals surface area contributed by atoms with E-state index in [-0.39, 0.29) is 18.3 Å². The number of anilines is 1. The summed E-state index contributed by atoms with van der Waals surface area (Å²) in [6.07, 6.45) is 1.62. The average Bonchev–Trinajstić information content (AvgIpc) is 3.00. The Labute approximate surface area is 171 Å². The first-order chi connectivity index (χ1) is 13.4. The summed E-state index contributed by atoms with van der Waals surface area (Å²) in [4.78, 5) is 24.3. The van der Waals surface area contributed by atoms with Crippen molar-refractivity contribution in [3.05, 3.63) is 50.9 Å². The summed E-state index contributed by atoms with van der Waals surface area (Å²) in [5.74, 6) is 0.638. The van der Waals surface area contributed by atoms with Crippen LogP contribution in [0.2, 0.25) is 0 Å². The van der Waals surface area contributed by atoms with Crippen LogP contribution in [0.1, 0.15) is 52.8 Å². The van der Waals surface area contributed by atoms with Crippen LogP contribution in [0.15, 0.2) is 32.2 Å². The number of hydrogen-bond donors (Lipinski definition) is 2. The van der Waals surface area contributed by atoms with Gasteiger partial charge in [0.05, 0.1) is 18.0 Å². The standard InChI is InChI=1S/C20H22BrN3O4/c1-4-27-20(26)24-23-15-6-5-7-16-17(15)12(3)18(28-16)19(25)22-14-9-8-11(2)10-13(14)21/h8-10H,4-7H2,1-3H3,(H,22,25)(H,24,26)/b23-15+. The first kappa shape index (κ1) is 20.1. The van der Waals surface area contributed by atoms with Gasteiger partial charge in [0.25, 0.3) is 5.91 Å². The second-order valence-corrected chi connectivity index (χ2v) is 7.39. The summed E-state index contributed by atoms with van der Waals surface area (Å²) in [5.41, 5.74) is 6.33. The molecular formula is C20H22BrN3O4. The maximum absolute atomic E-state index is 12.8. The molecule has 8 heteroatoms. The molecule has 0 radical (unpaired) electrons. The molecule has 1 heterocycles. The monoisotopic (exact) mass is 447 g/mol. The third-order valence-electron chi connectivity index (χ3n) is 4.46. The SMILES string of the molecule is CCOC(=O)N/N=C1\CCCc2oc(C(=O)Nc3ccc(C)cc3Br)c(C)c21. The number of benzene rings is 1. The second kappa shape index (κ2) is 8.60. The van der Waals surface area contributed by atoms with Crippen LogP contribution in [0.4, 0.5) is 10.5 Å². The zero-order chi connectivity index (χ0) is 20.3. The van der Waals surface area contributed by atoms with Gasteiger partial charge in [-0.15, -0.1) is 0 Å². The molecule has 0 aliphatic heterocycles. The fourth-order valence-electron chi connectivity index (χ4n) is 3.17. The van der Waals surface area contributed by atoms with Crippen molar-refractivity contribution < 1.29 is 18.7 Å². The van der Waals surface area contributed by atoms with E-state index in [0.717, 1.165) is 28.4 Å². The van der Waals surface area contributed by atoms with Crippen molar-refractivity contribution in [2.45, 2.75) is 40.0 Å². The number of furan rings is 1. The minimum atomic E-state index is -0.606. The Hall–Kier alpha value is -2.61. The lowest BCUT2D eigenvalue weighted by molar-refractivity contribution is 0.0994. The van der Waals surface area contributed by atoms with Gasteiger partial charge < -0.3 is 14.5 Å². The molecule has 0 atom stereocenters. The van der Waals surface area contributed by atoms with Crippen molar-refractivity contribution in [3.8, 4) is 0 Å². The minimum Gasteiger partial charge on any atom is -0.455 e. The van der Waals surface area contributed by atoms with Crippen molar-refractivity contribution in [2.75, 3.05) is 11.9 Å². The summed E-state index contributed by atoms with van der Waals surface area (Å²) in [7, 11) is 0. The van der Waals surface area contributed by atoms with E-state index in [1.54, 1.807) is 6.92 Å². The van der Waals surface area contributed by atoms with Crippen LogP contribution in [0, 0.1) is 13.8 Å². The Bertz CT molecular complexity index is 949. The average molecular weight is 448 g/mol. The van der Waals surface area contributed by atoms with Crippen molar-refractivity contribution in [2.24, 2.45) is 5.10 Å². The highest BCUT2D eigenvalue weighted by atomic mass is 79.9. The number of carbonyl (C=O) groups excluding carboxylic acids is 2. The number of hydrazone groups is 1. The third-order valence-corrected chi connectivity index (χ3v) is 5.12. The van der Waals surface area contributed by atoms with E-state index in [0.29, 0.717) is 29.1 Å². The molecule has 0 spiro atoms. The maximum Gasteiger partial charge on any atom is 0.427 e. The number of amides is 2. The van der Waals surface area contributed by atoms with Crippen LogP contribution in [0.3, 0.4) is 0 Å². The third kappa shape index (κ3) is 4.27. The van der Waals surface area contributed by atoms with Gasteiger partial charge in [-0.05, 0) is 67.2 Å². The number of hydrogen-bond acceptors (Lipinski definition) is 5. The first-order valence-corrected chi connectivity index (χ1v) is 9.89. The van der Waals surface area contributed by atoms with Crippen LogP contribution in [0.25, 0.3) is 0 Å². The number of ether oxygens (including phenoxy) is 1. The number of aryl methyl sites for hydroxylation is 2. The number of fused-ring (bicyclic) bond motifs is 1. The Morgan fingerprint density at radius 2 is 2.07 bits per heavy atom. The number of rotatable bonds is 4. The molecule has 148 valence electrons. The van der Waals surface area contributed by atoms with Gasteiger partial charge in [-0.2, -0.15) is 5.10 Å². The van der Waals surface area contributed by atoms with E-state index in [9.17, 15) is 9.59 Å². The molecule has 0 saturated carbocycles. The number of nitrogens with one attached hydrogen (secondary N) is 2. The molecule has 2 N–H and O–H groups in total. The molecule has 0 saturated heterocycles. The molecule has 1 aromatic carbocycles. The fraction of sp³-hybridized carbons (Fsp3) is 0.350. The van der Waals surface area contributed by atoms with E-state index in [1.165, 1.54) is 0 Å². The van der Waals surface area contributed by atoms with Gasteiger partial charge >= 0.3 is 6.09 Å².